The summed E-state index contributed by atoms with van der Waals surface area (Å²) in [6.07, 6.45) is -1.70. The Bertz CT molecular complexity index is 291. The van der Waals surface area contributed by atoms with Crippen molar-refractivity contribution in [3.05, 3.63) is 16.1 Å². The highest BCUT2D eigenvalue weighted by molar-refractivity contribution is 14.1. The first-order valence-corrected chi connectivity index (χ1v) is 4.23. The van der Waals surface area contributed by atoms with E-state index in [9.17, 15) is 13.2 Å². The van der Waals surface area contributed by atoms with Crippen molar-refractivity contribution in [1.29, 1.82) is 0 Å². The maximum absolute atomic E-state index is 11.7. The molecule has 0 bridgehead atoms. The van der Waals surface area contributed by atoms with Gasteiger partial charge in [-0.05, 0) is 22.6 Å². The molecule has 0 spiro atoms. The van der Waals surface area contributed by atoms with Crippen LogP contribution in [-0.4, -0.2) is 22.8 Å². The molecule has 0 saturated carbocycles. The third kappa shape index (κ3) is 3.75. The van der Waals surface area contributed by atoms with Gasteiger partial charge in [0.15, 0.2) is 10.3 Å². The van der Waals surface area contributed by atoms with Crippen molar-refractivity contribution >= 4 is 22.6 Å². The highest BCUT2D eigenvalue weighted by atomic mass is 127. The average molecular weight is 304 g/mol. The third-order valence-corrected chi connectivity index (χ3v) is 1.74. The second kappa shape index (κ2) is 4.07. The van der Waals surface area contributed by atoms with Gasteiger partial charge in [-0.15, -0.1) is 0 Å². The molecule has 1 rings (SSSR count). The van der Waals surface area contributed by atoms with Crippen LogP contribution in [0.2, 0.25) is 0 Å². The van der Waals surface area contributed by atoms with E-state index in [1.165, 1.54) is 12.4 Å². The van der Waals surface area contributed by atoms with Gasteiger partial charge in [0.1, 0.15) is 0 Å². The Morgan fingerprint density at radius 1 is 1.31 bits per heavy atom. The normalized spacial score (nSPS) is 11.4. The predicted molar refractivity (Wildman–Crippen MR) is 46.3 cm³/mol. The Balaban J connectivity index is 2.60. The molecule has 7 heteroatoms. The molecule has 0 aromatic carbocycles. The van der Waals surface area contributed by atoms with Gasteiger partial charge in [0.25, 0.3) is 0 Å². The van der Waals surface area contributed by atoms with Crippen molar-refractivity contribution in [3.63, 3.8) is 0 Å². The summed E-state index contributed by atoms with van der Waals surface area (Å²) < 4.78 is 39.8. The lowest BCUT2D eigenvalue weighted by atomic mass is 10.7. The summed E-state index contributed by atoms with van der Waals surface area (Å²) in [4.78, 5) is 7.30. The van der Waals surface area contributed by atoms with E-state index >= 15 is 0 Å². The number of hydrogen-bond acceptors (Lipinski definition) is 3. The van der Waals surface area contributed by atoms with Gasteiger partial charge < -0.3 is 4.74 Å². The fourth-order valence-electron chi connectivity index (χ4n) is 0.555. The highest BCUT2D eigenvalue weighted by Gasteiger charge is 2.29. The minimum absolute atomic E-state index is 0.0968. The zero-order valence-corrected chi connectivity index (χ0v) is 8.33. The summed E-state index contributed by atoms with van der Waals surface area (Å²) in [6.45, 7) is -1.35. The van der Waals surface area contributed by atoms with Crippen molar-refractivity contribution in [2.45, 2.75) is 6.18 Å². The Hall–Kier alpha value is -0.600. The van der Waals surface area contributed by atoms with Gasteiger partial charge >= 0.3 is 6.18 Å². The van der Waals surface area contributed by atoms with E-state index in [1.807, 2.05) is 0 Å². The first-order chi connectivity index (χ1) is 5.99. The molecule has 0 aliphatic carbocycles. The molecule has 0 aliphatic rings. The van der Waals surface area contributed by atoms with Crippen LogP contribution >= 0.6 is 22.6 Å². The molecule has 1 heterocycles. The molecule has 0 N–H and O–H groups in total. The molecule has 0 radical (unpaired) electrons. The zero-order valence-electron chi connectivity index (χ0n) is 6.18. The smallest absolute Gasteiger partial charge is 0.422 e. The Morgan fingerprint density at radius 3 is 2.46 bits per heavy atom. The molecule has 1 aromatic rings. The monoisotopic (exact) mass is 304 g/mol. The summed E-state index contributed by atoms with van der Waals surface area (Å²) in [7, 11) is 0. The number of nitrogens with zero attached hydrogens (tertiary/aromatic N) is 2. The van der Waals surface area contributed by atoms with Crippen molar-refractivity contribution in [1.82, 2.24) is 9.97 Å². The van der Waals surface area contributed by atoms with Gasteiger partial charge in [0.05, 0.1) is 0 Å². The summed E-state index contributed by atoms with van der Waals surface area (Å²) in [6, 6.07) is 0. The summed E-state index contributed by atoms with van der Waals surface area (Å²) in [5.41, 5.74) is 0. The molecular weight excluding hydrogens is 300 g/mol. The minimum atomic E-state index is -4.35. The lowest BCUT2D eigenvalue weighted by molar-refractivity contribution is -0.154. The van der Waals surface area contributed by atoms with Crippen LogP contribution in [0, 0.1) is 3.70 Å². The van der Waals surface area contributed by atoms with Crippen LogP contribution in [0.4, 0.5) is 13.2 Å². The first-order valence-electron chi connectivity index (χ1n) is 3.15. The molecule has 0 saturated heterocycles. The largest absolute Gasteiger partial charge is 0.466 e. The quantitative estimate of drug-likeness (QED) is 0.784. The van der Waals surface area contributed by atoms with Crippen LogP contribution < -0.4 is 4.74 Å². The SMILES string of the molecule is FC(F)(F)COc1nccnc1I. The van der Waals surface area contributed by atoms with Gasteiger partial charge in [-0.3, -0.25) is 0 Å². The molecule has 3 nitrogen and oxygen atoms in total. The maximum atomic E-state index is 11.7. The maximum Gasteiger partial charge on any atom is 0.422 e. The standard InChI is InChI=1S/C6H4F3IN2O/c7-6(8,9)3-13-5-4(10)11-1-2-12-5/h1-2H,3H2. The summed E-state index contributed by atoms with van der Waals surface area (Å²) >= 11 is 1.75. The van der Waals surface area contributed by atoms with E-state index in [-0.39, 0.29) is 5.88 Å². The second-order valence-corrected chi connectivity index (χ2v) is 3.08. The number of ether oxygens (including phenoxy) is 1. The topological polar surface area (TPSA) is 35.0 Å². The van der Waals surface area contributed by atoms with Crippen LogP contribution in [0.25, 0.3) is 0 Å². The van der Waals surface area contributed by atoms with Crippen molar-refractivity contribution < 1.29 is 17.9 Å². The third-order valence-electron chi connectivity index (χ3n) is 0.995. The summed E-state index contributed by atoms with van der Waals surface area (Å²) in [5.74, 6) is -0.0968. The van der Waals surface area contributed by atoms with Crippen LogP contribution in [0.3, 0.4) is 0 Å². The molecular formula is C6H4F3IN2O. The van der Waals surface area contributed by atoms with Crippen molar-refractivity contribution in [2.24, 2.45) is 0 Å². The summed E-state index contributed by atoms with van der Waals surface area (Å²) in [5, 5.41) is 0. The fourth-order valence-corrected chi connectivity index (χ4v) is 1.01. The first kappa shape index (κ1) is 10.5. The Morgan fingerprint density at radius 2 is 1.92 bits per heavy atom. The molecule has 0 unspecified atom stereocenters. The molecule has 72 valence electrons. The number of rotatable bonds is 2. The number of hydrogen-bond donors (Lipinski definition) is 0. The predicted octanol–water partition coefficient (Wildman–Crippen LogP) is 2.02. The number of halogens is 4. The van der Waals surface area contributed by atoms with E-state index in [4.69, 9.17) is 0 Å². The molecule has 13 heavy (non-hydrogen) atoms. The fraction of sp³-hybridized carbons (Fsp3) is 0.333. The van der Waals surface area contributed by atoms with Gasteiger partial charge in [0.2, 0.25) is 5.88 Å². The Kier molecular flexibility index (Phi) is 3.28. The molecule has 0 aliphatic heterocycles. The second-order valence-electron chi connectivity index (χ2n) is 2.06. The molecule has 1 aromatic heterocycles. The van der Waals surface area contributed by atoms with Crippen LogP contribution in [0.5, 0.6) is 5.88 Å². The van der Waals surface area contributed by atoms with Gasteiger partial charge in [-0.25, -0.2) is 9.97 Å². The van der Waals surface area contributed by atoms with Crippen molar-refractivity contribution in [2.75, 3.05) is 6.61 Å². The van der Waals surface area contributed by atoms with Gasteiger partial charge in [-0.2, -0.15) is 13.2 Å². The van der Waals surface area contributed by atoms with Gasteiger partial charge in [-0.1, -0.05) is 0 Å². The molecule has 0 fully saturated rings. The van der Waals surface area contributed by atoms with Crippen LogP contribution in [-0.2, 0) is 0 Å². The van der Waals surface area contributed by atoms with E-state index < -0.39 is 12.8 Å². The number of aromatic nitrogens is 2. The van der Waals surface area contributed by atoms with E-state index in [1.54, 1.807) is 22.6 Å². The lowest BCUT2D eigenvalue weighted by Gasteiger charge is -2.08. The van der Waals surface area contributed by atoms with Crippen LogP contribution in [0.1, 0.15) is 0 Å². The average Bonchev–Trinajstić information content (AvgIpc) is 2.01. The lowest BCUT2D eigenvalue weighted by Crippen LogP contribution is -2.20. The van der Waals surface area contributed by atoms with Crippen LogP contribution in [0.15, 0.2) is 12.4 Å². The number of alkyl halides is 3. The minimum Gasteiger partial charge on any atom is -0.466 e. The highest BCUT2D eigenvalue weighted by Crippen LogP contribution is 2.19. The van der Waals surface area contributed by atoms with E-state index in [0.29, 0.717) is 3.70 Å². The molecule has 0 amide bonds. The van der Waals surface area contributed by atoms with E-state index in [2.05, 4.69) is 14.7 Å². The van der Waals surface area contributed by atoms with Crippen molar-refractivity contribution in [3.8, 4) is 5.88 Å². The van der Waals surface area contributed by atoms with Gasteiger partial charge in [0, 0.05) is 12.4 Å². The van der Waals surface area contributed by atoms with E-state index in [0.717, 1.165) is 0 Å². The zero-order chi connectivity index (χ0) is 9.90. The Labute approximate surface area is 85.5 Å². The molecule has 0 atom stereocenters.